The van der Waals surface area contributed by atoms with Crippen molar-refractivity contribution in [3.8, 4) is 0 Å². The third kappa shape index (κ3) is 4.48. The molecule has 2 rings (SSSR count). The maximum atomic E-state index is 12.2. The number of anilines is 1. The minimum absolute atomic E-state index is 0.151. The van der Waals surface area contributed by atoms with Gasteiger partial charge in [0.15, 0.2) is 15.8 Å². The Bertz CT molecular complexity index is 693. The molecule has 1 aromatic rings. The molecule has 0 saturated carbocycles. The van der Waals surface area contributed by atoms with Crippen LogP contribution in [0, 0.1) is 0 Å². The van der Waals surface area contributed by atoms with Gasteiger partial charge in [-0.3, -0.25) is 4.99 Å². The maximum absolute atomic E-state index is 12.2. The number of nitrogens with two attached hydrogens (primary N) is 1. The van der Waals surface area contributed by atoms with Crippen molar-refractivity contribution in [1.29, 1.82) is 0 Å². The zero-order valence-corrected chi connectivity index (χ0v) is 15.4. The Kier molecular flexibility index (Phi) is 5.87. The summed E-state index contributed by atoms with van der Waals surface area (Å²) < 4.78 is 28.8. The van der Waals surface area contributed by atoms with Crippen LogP contribution in [0.4, 0.5) is 5.69 Å². The summed E-state index contributed by atoms with van der Waals surface area (Å²) in [7, 11) is -3.24. The average molecular weight is 353 g/mol. The molecular weight excluding hydrogens is 326 g/mol. The van der Waals surface area contributed by atoms with Gasteiger partial charge in [-0.2, -0.15) is 0 Å². The summed E-state index contributed by atoms with van der Waals surface area (Å²) in [6.45, 7) is 5.27. The van der Waals surface area contributed by atoms with E-state index in [-0.39, 0.29) is 12.5 Å². The number of sulfone groups is 1. The standard InChI is InChI=1S/C17H27N3O3S/c1-13(2)14-5-4-6-15(11-14)20-16(18)19-12-17(24(3,21)22)7-9-23-10-8-17/h4-6,11,13H,7-10,12H2,1-3H3,(H3,18,19,20). The maximum Gasteiger partial charge on any atom is 0.193 e. The molecule has 24 heavy (non-hydrogen) atoms. The van der Waals surface area contributed by atoms with Crippen LogP contribution in [0.5, 0.6) is 0 Å². The Morgan fingerprint density at radius 2 is 2.04 bits per heavy atom. The largest absolute Gasteiger partial charge is 0.381 e. The minimum atomic E-state index is -3.24. The second kappa shape index (κ2) is 7.53. The van der Waals surface area contributed by atoms with Crippen molar-refractivity contribution in [1.82, 2.24) is 0 Å². The highest BCUT2D eigenvalue weighted by atomic mass is 32.2. The lowest BCUT2D eigenvalue weighted by Gasteiger charge is -2.34. The molecule has 0 aromatic heterocycles. The van der Waals surface area contributed by atoms with E-state index in [1.807, 2.05) is 18.2 Å². The van der Waals surface area contributed by atoms with E-state index in [1.54, 1.807) is 0 Å². The Labute approximate surface area is 144 Å². The van der Waals surface area contributed by atoms with Crippen molar-refractivity contribution < 1.29 is 13.2 Å². The molecule has 1 fully saturated rings. The normalized spacial score (nSPS) is 18.6. The lowest BCUT2D eigenvalue weighted by molar-refractivity contribution is 0.0768. The van der Waals surface area contributed by atoms with Gasteiger partial charge < -0.3 is 15.8 Å². The fourth-order valence-electron chi connectivity index (χ4n) is 2.78. The van der Waals surface area contributed by atoms with E-state index >= 15 is 0 Å². The number of guanidine groups is 1. The Balaban J connectivity index is 2.11. The van der Waals surface area contributed by atoms with E-state index in [1.165, 1.54) is 11.8 Å². The summed E-state index contributed by atoms with van der Waals surface area (Å²) in [4.78, 5) is 4.30. The third-order valence-corrected chi connectivity index (χ3v) is 6.66. The topological polar surface area (TPSA) is 93.8 Å². The van der Waals surface area contributed by atoms with Crippen LogP contribution in [-0.2, 0) is 14.6 Å². The number of hydrogen-bond donors (Lipinski definition) is 2. The molecule has 1 heterocycles. The molecule has 3 N–H and O–H groups in total. The van der Waals surface area contributed by atoms with Gasteiger partial charge in [0.2, 0.25) is 0 Å². The van der Waals surface area contributed by atoms with Crippen LogP contribution in [0.1, 0.15) is 38.2 Å². The molecule has 0 amide bonds. The SMILES string of the molecule is CC(C)c1cccc(NC(N)=NCC2(S(C)(=O)=O)CCOCC2)c1. The zero-order chi connectivity index (χ0) is 17.8. The first-order valence-electron chi connectivity index (χ1n) is 8.18. The molecule has 1 aromatic carbocycles. The highest BCUT2D eigenvalue weighted by Gasteiger charge is 2.42. The van der Waals surface area contributed by atoms with Crippen LogP contribution < -0.4 is 11.1 Å². The molecule has 0 bridgehead atoms. The lowest BCUT2D eigenvalue weighted by atomic mass is 9.99. The summed E-state index contributed by atoms with van der Waals surface area (Å²) in [5, 5.41) is 3.05. The van der Waals surface area contributed by atoms with Gasteiger partial charge in [-0.05, 0) is 36.5 Å². The summed E-state index contributed by atoms with van der Waals surface area (Å²) in [5.74, 6) is 0.645. The first-order valence-corrected chi connectivity index (χ1v) is 10.1. The Morgan fingerprint density at radius 3 is 2.62 bits per heavy atom. The highest BCUT2D eigenvalue weighted by molar-refractivity contribution is 7.92. The second-order valence-corrected chi connectivity index (χ2v) is 9.08. The van der Waals surface area contributed by atoms with E-state index in [4.69, 9.17) is 10.5 Å². The number of rotatable bonds is 5. The van der Waals surface area contributed by atoms with Crippen molar-refractivity contribution >= 4 is 21.5 Å². The van der Waals surface area contributed by atoms with E-state index in [9.17, 15) is 8.42 Å². The molecule has 7 heteroatoms. The highest BCUT2D eigenvalue weighted by Crippen LogP contribution is 2.29. The zero-order valence-electron chi connectivity index (χ0n) is 14.6. The fraction of sp³-hybridized carbons (Fsp3) is 0.588. The quantitative estimate of drug-likeness (QED) is 0.625. The van der Waals surface area contributed by atoms with Crippen LogP contribution in [0.3, 0.4) is 0 Å². The van der Waals surface area contributed by atoms with Gasteiger partial charge in [0, 0.05) is 25.2 Å². The Morgan fingerprint density at radius 1 is 1.38 bits per heavy atom. The molecule has 0 spiro atoms. The molecule has 1 aliphatic heterocycles. The number of hydrogen-bond acceptors (Lipinski definition) is 4. The smallest absolute Gasteiger partial charge is 0.193 e. The van der Waals surface area contributed by atoms with E-state index in [0.29, 0.717) is 32.0 Å². The minimum Gasteiger partial charge on any atom is -0.381 e. The fourth-order valence-corrected chi connectivity index (χ4v) is 3.99. The summed E-state index contributed by atoms with van der Waals surface area (Å²) in [5.41, 5.74) is 8.01. The van der Waals surface area contributed by atoms with Gasteiger partial charge in [-0.25, -0.2) is 8.42 Å². The summed E-state index contributed by atoms with van der Waals surface area (Å²) >= 11 is 0. The van der Waals surface area contributed by atoms with Gasteiger partial charge in [0.05, 0.1) is 11.3 Å². The Hall–Kier alpha value is -1.60. The predicted octanol–water partition coefficient (Wildman–Crippen LogP) is 2.13. The van der Waals surface area contributed by atoms with Crippen LogP contribution in [0.2, 0.25) is 0 Å². The molecule has 6 nitrogen and oxygen atoms in total. The van der Waals surface area contributed by atoms with Crippen molar-refractivity contribution in [3.05, 3.63) is 29.8 Å². The van der Waals surface area contributed by atoms with Gasteiger partial charge in [0.25, 0.3) is 0 Å². The third-order valence-electron chi connectivity index (χ3n) is 4.55. The molecule has 0 unspecified atom stereocenters. The van der Waals surface area contributed by atoms with Crippen molar-refractivity contribution in [2.75, 3.05) is 31.3 Å². The molecule has 0 aliphatic carbocycles. The monoisotopic (exact) mass is 353 g/mol. The van der Waals surface area contributed by atoms with Crippen LogP contribution in [-0.4, -0.2) is 45.1 Å². The average Bonchev–Trinajstić information content (AvgIpc) is 2.53. The number of nitrogens with one attached hydrogen (secondary N) is 1. The van der Waals surface area contributed by atoms with Gasteiger partial charge in [0.1, 0.15) is 0 Å². The number of ether oxygens (including phenoxy) is 1. The number of nitrogens with zero attached hydrogens (tertiary/aromatic N) is 1. The van der Waals surface area contributed by atoms with E-state index in [2.05, 4.69) is 30.2 Å². The van der Waals surface area contributed by atoms with Crippen molar-refractivity contribution in [3.63, 3.8) is 0 Å². The molecular formula is C17H27N3O3S. The molecule has 134 valence electrons. The lowest BCUT2D eigenvalue weighted by Crippen LogP contribution is -2.46. The summed E-state index contributed by atoms with van der Waals surface area (Å²) in [6, 6.07) is 7.95. The first-order chi connectivity index (χ1) is 11.2. The van der Waals surface area contributed by atoms with Crippen LogP contribution in [0.15, 0.2) is 29.3 Å². The molecule has 1 saturated heterocycles. The van der Waals surface area contributed by atoms with E-state index < -0.39 is 14.6 Å². The summed E-state index contributed by atoms with van der Waals surface area (Å²) in [6.07, 6.45) is 2.17. The van der Waals surface area contributed by atoms with Gasteiger partial charge in [-0.15, -0.1) is 0 Å². The van der Waals surface area contributed by atoms with E-state index in [0.717, 1.165) is 5.69 Å². The van der Waals surface area contributed by atoms with Crippen molar-refractivity contribution in [2.24, 2.45) is 10.7 Å². The molecule has 0 radical (unpaired) electrons. The van der Waals surface area contributed by atoms with Crippen molar-refractivity contribution in [2.45, 2.75) is 37.4 Å². The molecule has 1 aliphatic rings. The van der Waals surface area contributed by atoms with Crippen LogP contribution >= 0.6 is 0 Å². The van der Waals surface area contributed by atoms with Gasteiger partial charge in [-0.1, -0.05) is 26.0 Å². The predicted molar refractivity (Wildman–Crippen MR) is 98.3 cm³/mol. The number of aliphatic imine (C=N–C) groups is 1. The second-order valence-electron chi connectivity index (χ2n) is 6.67. The molecule has 0 atom stereocenters. The van der Waals surface area contributed by atoms with Gasteiger partial charge >= 0.3 is 0 Å². The first kappa shape index (κ1) is 18.7. The number of benzene rings is 1. The van der Waals surface area contributed by atoms with Crippen LogP contribution in [0.25, 0.3) is 0 Å².